The number of nitro benzene ring substituents is 1. The highest BCUT2D eigenvalue weighted by Crippen LogP contribution is 2.40. The van der Waals surface area contributed by atoms with Crippen LogP contribution in [0.15, 0.2) is 69.8 Å². The lowest BCUT2D eigenvalue weighted by Crippen LogP contribution is -2.12. The van der Waals surface area contributed by atoms with Crippen molar-refractivity contribution >= 4 is 40.2 Å². The van der Waals surface area contributed by atoms with Crippen LogP contribution < -0.4 is 0 Å². The molecule has 2 aromatic rings. The van der Waals surface area contributed by atoms with E-state index in [4.69, 9.17) is 4.74 Å². The molecule has 1 N–H and O–H groups in total. The van der Waals surface area contributed by atoms with E-state index in [2.05, 4.69) is 4.99 Å². The van der Waals surface area contributed by atoms with Crippen LogP contribution in [0.3, 0.4) is 0 Å². The van der Waals surface area contributed by atoms with Gasteiger partial charge in [-0.25, -0.2) is 14.2 Å². The van der Waals surface area contributed by atoms with Crippen molar-refractivity contribution in [3.63, 3.8) is 0 Å². The van der Waals surface area contributed by atoms with Crippen molar-refractivity contribution in [1.29, 1.82) is 0 Å². The molecule has 9 heteroatoms. The monoisotopic (exact) mass is 414 g/mol. The summed E-state index contributed by atoms with van der Waals surface area (Å²) in [6.07, 6.45) is 1.51. The molecule has 0 amide bonds. The molecule has 1 aliphatic rings. The molecule has 0 aromatic heterocycles. The van der Waals surface area contributed by atoms with Crippen LogP contribution in [0.25, 0.3) is 6.08 Å². The van der Waals surface area contributed by atoms with E-state index < -0.39 is 16.7 Å². The summed E-state index contributed by atoms with van der Waals surface area (Å²) >= 11 is 1.01. The molecule has 1 heterocycles. The van der Waals surface area contributed by atoms with E-state index >= 15 is 0 Å². The third-order valence-corrected chi connectivity index (χ3v) is 4.83. The van der Waals surface area contributed by atoms with Crippen molar-refractivity contribution in [3.8, 4) is 0 Å². The van der Waals surface area contributed by atoms with E-state index in [1.54, 1.807) is 13.0 Å². The SMILES string of the molecule is CCOC(=O)C1=C(O)/C(=C/c2cccc([N+](=O)[O-])c2)SC1=Nc1ccc(F)cc1. The average molecular weight is 414 g/mol. The van der Waals surface area contributed by atoms with Crippen LogP contribution in [-0.4, -0.2) is 27.6 Å². The number of halogens is 1. The number of nitro groups is 1. The smallest absolute Gasteiger partial charge is 0.344 e. The van der Waals surface area contributed by atoms with Crippen molar-refractivity contribution in [3.05, 3.63) is 86.3 Å². The zero-order valence-electron chi connectivity index (χ0n) is 15.2. The zero-order chi connectivity index (χ0) is 21.0. The minimum absolute atomic E-state index is 0.100. The third kappa shape index (κ3) is 4.69. The number of ether oxygens (including phenoxy) is 1. The number of aliphatic imine (C=N–C) groups is 1. The van der Waals surface area contributed by atoms with Crippen molar-refractivity contribution in [2.24, 2.45) is 4.99 Å². The normalized spacial score (nSPS) is 16.5. The number of carbonyl (C=O) groups is 1. The van der Waals surface area contributed by atoms with Crippen molar-refractivity contribution in [2.75, 3.05) is 6.61 Å². The molecule has 7 nitrogen and oxygen atoms in total. The maximum Gasteiger partial charge on any atom is 0.344 e. The van der Waals surface area contributed by atoms with Gasteiger partial charge in [-0.15, -0.1) is 0 Å². The Kier molecular flexibility index (Phi) is 6.08. The number of rotatable bonds is 5. The van der Waals surface area contributed by atoms with Crippen LogP contribution in [0.2, 0.25) is 0 Å². The Balaban J connectivity index is 2.04. The highest BCUT2D eigenvalue weighted by Gasteiger charge is 2.33. The molecule has 0 unspecified atom stereocenters. The lowest BCUT2D eigenvalue weighted by atomic mass is 10.1. The molecular formula is C20H15FN2O5S. The Morgan fingerprint density at radius 2 is 2.03 bits per heavy atom. The first-order valence-electron chi connectivity index (χ1n) is 8.48. The second-order valence-corrected chi connectivity index (χ2v) is 6.83. The molecule has 0 radical (unpaired) electrons. The van der Waals surface area contributed by atoms with Gasteiger partial charge in [0.25, 0.3) is 5.69 Å². The number of carbonyl (C=O) groups excluding carboxylic acids is 1. The van der Waals surface area contributed by atoms with Crippen LogP contribution >= 0.6 is 11.8 Å². The number of hydrogen-bond acceptors (Lipinski definition) is 7. The molecule has 0 atom stereocenters. The van der Waals surface area contributed by atoms with E-state index in [1.807, 2.05) is 0 Å². The predicted octanol–water partition coefficient (Wildman–Crippen LogP) is 4.93. The Morgan fingerprint density at radius 3 is 2.69 bits per heavy atom. The first-order valence-corrected chi connectivity index (χ1v) is 9.30. The Bertz CT molecular complexity index is 1060. The Hall–Kier alpha value is -3.46. The van der Waals surface area contributed by atoms with E-state index in [0.29, 0.717) is 11.3 Å². The molecular weight excluding hydrogens is 399 g/mol. The number of hydrogen-bond donors (Lipinski definition) is 1. The van der Waals surface area contributed by atoms with E-state index in [0.717, 1.165) is 11.8 Å². The lowest BCUT2D eigenvalue weighted by molar-refractivity contribution is -0.384. The summed E-state index contributed by atoms with van der Waals surface area (Å²) in [7, 11) is 0. The number of nitrogens with zero attached hydrogens (tertiary/aromatic N) is 2. The molecule has 0 spiro atoms. The highest BCUT2D eigenvalue weighted by atomic mass is 32.2. The summed E-state index contributed by atoms with van der Waals surface area (Å²) in [6, 6.07) is 11.2. The van der Waals surface area contributed by atoms with Crippen LogP contribution in [0, 0.1) is 15.9 Å². The largest absolute Gasteiger partial charge is 0.506 e. The highest BCUT2D eigenvalue weighted by molar-refractivity contribution is 8.18. The molecule has 0 saturated heterocycles. The van der Waals surface area contributed by atoms with Gasteiger partial charge in [0.05, 0.1) is 22.1 Å². The predicted molar refractivity (Wildman–Crippen MR) is 108 cm³/mol. The number of non-ortho nitro benzene ring substituents is 1. The fraction of sp³-hybridized carbons (Fsp3) is 0.100. The van der Waals surface area contributed by atoms with Crippen LogP contribution in [-0.2, 0) is 9.53 Å². The molecule has 0 aliphatic carbocycles. The molecule has 1 aliphatic heterocycles. The summed E-state index contributed by atoms with van der Waals surface area (Å²) in [5.41, 5.74) is 0.647. The average Bonchev–Trinajstić information content (AvgIpc) is 2.99. The lowest BCUT2D eigenvalue weighted by Gasteiger charge is -2.03. The first-order chi connectivity index (χ1) is 13.9. The van der Waals surface area contributed by atoms with Crippen LogP contribution in [0.5, 0.6) is 0 Å². The van der Waals surface area contributed by atoms with Gasteiger partial charge in [0.1, 0.15) is 22.2 Å². The minimum Gasteiger partial charge on any atom is -0.506 e. The maximum atomic E-state index is 13.1. The second kappa shape index (κ2) is 8.70. The van der Waals surface area contributed by atoms with Crippen molar-refractivity contribution in [2.45, 2.75) is 6.92 Å². The summed E-state index contributed by atoms with van der Waals surface area (Å²) in [5.74, 6) is -1.51. The zero-order valence-corrected chi connectivity index (χ0v) is 16.0. The van der Waals surface area contributed by atoms with E-state index in [-0.39, 0.29) is 33.6 Å². The fourth-order valence-electron chi connectivity index (χ4n) is 2.50. The van der Waals surface area contributed by atoms with Crippen molar-refractivity contribution < 1.29 is 24.0 Å². The quantitative estimate of drug-likeness (QED) is 0.423. The molecule has 2 aromatic carbocycles. The maximum absolute atomic E-state index is 13.1. The number of benzene rings is 2. The Morgan fingerprint density at radius 1 is 1.31 bits per heavy atom. The van der Waals surface area contributed by atoms with Gasteiger partial charge in [-0.2, -0.15) is 0 Å². The number of thioether (sulfide) groups is 1. The van der Waals surface area contributed by atoms with Gasteiger partial charge in [0, 0.05) is 12.1 Å². The topological polar surface area (TPSA) is 102 Å². The van der Waals surface area contributed by atoms with E-state index in [1.165, 1.54) is 48.5 Å². The van der Waals surface area contributed by atoms with Gasteiger partial charge in [0.15, 0.2) is 0 Å². The van der Waals surface area contributed by atoms with Crippen molar-refractivity contribution in [1.82, 2.24) is 0 Å². The summed E-state index contributed by atoms with van der Waals surface area (Å²) < 4.78 is 18.1. The van der Waals surface area contributed by atoms with Gasteiger partial charge < -0.3 is 9.84 Å². The molecule has 148 valence electrons. The minimum atomic E-state index is -0.749. The fourth-order valence-corrected chi connectivity index (χ4v) is 3.54. The molecule has 29 heavy (non-hydrogen) atoms. The van der Waals surface area contributed by atoms with Gasteiger partial charge >= 0.3 is 5.97 Å². The van der Waals surface area contributed by atoms with Gasteiger partial charge in [0.2, 0.25) is 0 Å². The second-order valence-electron chi connectivity index (χ2n) is 5.80. The standard InChI is InChI=1S/C20H15FN2O5S/c1-2-28-20(25)17-18(24)16(11-12-4-3-5-15(10-12)23(26)27)29-19(17)22-14-8-6-13(21)7-9-14/h3-11,24H,2H2,1H3/b16-11-,22-19?. The van der Waals surface area contributed by atoms with E-state index in [9.17, 15) is 24.4 Å². The van der Waals surface area contributed by atoms with Gasteiger partial charge in [-0.1, -0.05) is 23.9 Å². The summed E-state index contributed by atoms with van der Waals surface area (Å²) in [5, 5.41) is 21.7. The molecule has 3 rings (SSSR count). The molecule has 0 fully saturated rings. The summed E-state index contributed by atoms with van der Waals surface area (Å²) in [6.45, 7) is 1.74. The van der Waals surface area contributed by atoms with Crippen LogP contribution in [0.1, 0.15) is 12.5 Å². The van der Waals surface area contributed by atoms with Gasteiger partial charge in [-0.05, 0) is 42.8 Å². The molecule has 0 bridgehead atoms. The molecule has 0 saturated carbocycles. The number of aliphatic hydroxyl groups excluding tert-OH is 1. The number of aliphatic hydroxyl groups is 1. The van der Waals surface area contributed by atoms with Gasteiger partial charge in [-0.3, -0.25) is 10.1 Å². The summed E-state index contributed by atoms with van der Waals surface area (Å²) in [4.78, 5) is 27.4. The number of esters is 1. The Labute approximate surface area is 169 Å². The first kappa shape index (κ1) is 20.3. The third-order valence-electron chi connectivity index (χ3n) is 3.81. The van der Waals surface area contributed by atoms with Crippen LogP contribution in [0.4, 0.5) is 15.8 Å².